The average Bonchev–Trinajstić information content (AvgIpc) is 2.88. The van der Waals surface area contributed by atoms with E-state index < -0.39 is 0 Å². The van der Waals surface area contributed by atoms with Crippen molar-refractivity contribution in [3.05, 3.63) is 48.4 Å². The number of para-hydroxylation sites is 1. The summed E-state index contributed by atoms with van der Waals surface area (Å²) in [7, 11) is 3.65. The lowest BCUT2D eigenvalue weighted by molar-refractivity contribution is 0.410. The van der Waals surface area contributed by atoms with E-state index in [0.29, 0.717) is 6.54 Å². The van der Waals surface area contributed by atoms with Gasteiger partial charge >= 0.3 is 0 Å². The molecule has 0 aliphatic rings. The molecule has 5 heteroatoms. The number of rotatable bonds is 4. The first-order valence-corrected chi connectivity index (χ1v) is 6.41. The van der Waals surface area contributed by atoms with Gasteiger partial charge in [-0.2, -0.15) is 0 Å². The van der Waals surface area contributed by atoms with Crippen LogP contribution in [0.5, 0.6) is 5.75 Å². The van der Waals surface area contributed by atoms with Crippen LogP contribution in [0.4, 0.5) is 5.82 Å². The highest BCUT2D eigenvalue weighted by molar-refractivity contribution is 5.87. The Bertz CT molecular complexity index is 736. The second kappa shape index (κ2) is 5.21. The molecule has 0 aliphatic heterocycles. The van der Waals surface area contributed by atoms with Crippen LogP contribution < -0.4 is 10.1 Å². The smallest absolute Gasteiger partial charge is 0.145 e. The monoisotopic (exact) mass is 268 g/mol. The van der Waals surface area contributed by atoms with Crippen LogP contribution in [-0.4, -0.2) is 21.6 Å². The lowest BCUT2D eigenvalue weighted by Crippen LogP contribution is -2.04. The first kappa shape index (κ1) is 12.5. The Balaban J connectivity index is 1.87. The fourth-order valence-electron chi connectivity index (χ4n) is 2.25. The number of aryl methyl sites for hydroxylation is 1. The third-order valence-electron chi connectivity index (χ3n) is 3.30. The predicted octanol–water partition coefficient (Wildman–Crippen LogP) is 2.59. The van der Waals surface area contributed by atoms with E-state index in [1.807, 2.05) is 48.1 Å². The molecule has 0 radical (unpaired) electrons. The summed E-state index contributed by atoms with van der Waals surface area (Å²) in [6, 6.07) is 9.96. The Hall–Kier alpha value is -2.56. The van der Waals surface area contributed by atoms with Crippen molar-refractivity contribution in [2.24, 2.45) is 7.05 Å². The zero-order valence-electron chi connectivity index (χ0n) is 11.5. The van der Waals surface area contributed by atoms with Crippen molar-refractivity contribution in [2.45, 2.75) is 6.54 Å². The second-order valence-corrected chi connectivity index (χ2v) is 4.55. The van der Waals surface area contributed by atoms with Crippen molar-refractivity contribution in [3.8, 4) is 5.75 Å². The molecule has 3 aromatic rings. The molecule has 1 N–H and O–H groups in total. The quantitative estimate of drug-likeness (QED) is 0.790. The van der Waals surface area contributed by atoms with E-state index in [-0.39, 0.29) is 0 Å². The summed E-state index contributed by atoms with van der Waals surface area (Å²) in [5.41, 5.74) is 2.01. The van der Waals surface area contributed by atoms with E-state index in [1.165, 1.54) is 0 Å². The molecule has 0 saturated heterocycles. The van der Waals surface area contributed by atoms with Gasteiger partial charge in [0, 0.05) is 25.4 Å². The number of aromatic nitrogens is 3. The van der Waals surface area contributed by atoms with Crippen LogP contribution in [0.15, 0.2) is 42.9 Å². The van der Waals surface area contributed by atoms with E-state index in [4.69, 9.17) is 4.74 Å². The Morgan fingerprint density at radius 1 is 1.20 bits per heavy atom. The summed E-state index contributed by atoms with van der Waals surface area (Å²) in [5, 5.41) is 4.37. The first-order chi connectivity index (χ1) is 9.79. The molecule has 0 saturated carbocycles. The first-order valence-electron chi connectivity index (χ1n) is 6.41. The van der Waals surface area contributed by atoms with Gasteiger partial charge in [0.2, 0.25) is 0 Å². The molecule has 2 heterocycles. The third-order valence-corrected chi connectivity index (χ3v) is 3.30. The van der Waals surface area contributed by atoms with Crippen LogP contribution in [0.2, 0.25) is 0 Å². The van der Waals surface area contributed by atoms with Gasteiger partial charge in [-0.3, -0.25) is 0 Å². The molecule has 1 aromatic carbocycles. The zero-order chi connectivity index (χ0) is 13.9. The molecule has 0 atom stereocenters. The maximum absolute atomic E-state index is 5.35. The predicted molar refractivity (Wildman–Crippen MR) is 78.8 cm³/mol. The summed E-state index contributed by atoms with van der Waals surface area (Å²) in [4.78, 5) is 8.59. The summed E-state index contributed by atoms with van der Waals surface area (Å²) >= 11 is 0. The fraction of sp³-hybridized carbons (Fsp3) is 0.200. The number of nitrogens with one attached hydrogen (secondary N) is 1. The molecule has 2 aromatic heterocycles. The number of anilines is 1. The zero-order valence-corrected chi connectivity index (χ0v) is 11.5. The van der Waals surface area contributed by atoms with Crippen LogP contribution in [-0.2, 0) is 13.6 Å². The van der Waals surface area contributed by atoms with Gasteiger partial charge in [-0.05, 0) is 12.1 Å². The normalized spacial score (nSPS) is 10.7. The number of hydrogen-bond donors (Lipinski definition) is 1. The SMILES string of the molecule is COc1ccccc1CNc1ncnc2c1ccn2C. The van der Waals surface area contributed by atoms with Crippen molar-refractivity contribution in [2.75, 3.05) is 12.4 Å². The summed E-state index contributed by atoms with van der Waals surface area (Å²) in [5.74, 6) is 1.71. The Kier molecular flexibility index (Phi) is 3.25. The summed E-state index contributed by atoms with van der Waals surface area (Å²) in [6.45, 7) is 0.658. The molecule has 5 nitrogen and oxygen atoms in total. The number of nitrogens with zero attached hydrogens (tertiary/aromatic N) is 3. The van der Waals surface area contributed by atoms with Gasteiger partial charge in [-0.25, -0.2) is 9.97 Å². The number of methoxy groups -OCH3 is 1. The van der Waals surface area contributed by atoms with Gasteiger partial charge in [0.25, 0.3) is 0 Å². The van der Waals surface area contributed by atoms with Crippen molar-refractivity contribution in [3.63, 3.8) is 0 Å². The maximum Gasteiger partial charge on any atom is 0.145 e. The molecule has 0 bridgehead atoms. The van der Waals surface area contributed by atoms with Gasteiger partial charge in [-0.15, -0.1) is 0 Å². The van der Waals surface area contributed by atoms with Gasteiger partial charge < -0.3 is 14.6 Å². The topological polar surface area (TPSA) is 52.0 Å². The number of ether oxygens (including phenoxy) is 1. The van der Waals surface area contributed by atoms with Crippen LogP contribution in [0.1, 0.15) is 5.56 Å². The summed E-state index contributed by atoms with van der Waals surface area (Å²) < 4.78 is 7.33. The molecule has 0 aliphatic carbocycles. The van der Waals surface area contributed by atoms with Crippen LogP contribution in [0, 0.1) is 0 Å². The minimum absolute atomic E-state index is 0.658. The summed E-state index contributed by atoms with van der Waals surface area (Å²) in [6.07, 6.45) is 3.56. The van der Waals surface area contributed by atoms with E-state index >= 15 is 0 Å². The molecule has 0 fully saturated rings. The molecule has 102 valence electrons. The Morgan fingerprint density at radius 2 is 2.05 bits per heavy atom. The maximum atomic E-state index is 5.35. The minimum Gasteiger partial charge on any atom is -0.496 e. The highest BCUT2D eigenvalue weighted by Gasteiger charge is 2.07. The van der Waals surface area contributed by atoms with Gasteiger partial charge in [0.1, 0.15) is 23.5 Å². The van der Waals surface area contributed by atoms with Crippen molar-refractivity contribution in [1.29, 1.82) is 0 Å². The highest BCUT2D eigenvalue weighted by Crippen LogP contribution is 2.22. The van der Waals surface area contributed by atoms with E-state index in [1.54, 1.807) is 13.4 Å². The van der Waals surface area contributed by atoms with E-state index in [0.717, 1.165) is 28.2 Å². The highest BCUT2D eigenvalue weighted by atomic mass is 16.5. The number of fused-ring (bicyclic) bond motifs is 1. The minimum atomic E-state index is 0.658. The van der Waals surface area contributed by atoms with E-state index in [9.17, 15) is 0 Å². The molecular formula is C15H16N4O. The second-order valence-electron chi connectivity index (χ2n) is 4.55. The average molecular weight is 268 g/mol. The molecular weight excluding hydrogens is 252 g/mol. The lowest BCUT2D eigenvalue weighted by Gasteiger charge is -2.10. The lowest BCUT2D eigenvalue weighted by atomic mass is 10.2. The number of benzene rings is 1. The Labute approximate surface area is 117 Å². The van der Waals surface area contributed by atoms with Gasteiger partial charge in [0.15, 0.2) is 0 Å². The molecule has 0 unspecified atom stereocenters. The number of hydrogen-bond acceptors (Lipinski definition) is 4. The van der Waals surface area contributed by atoms with Crippen molar-refractivity contribution in [1.82, 2.24) is 14.5 Å². The van der Waals surface area contributed by atoms with Crippen LogP contribution in [0.25, 0.3) is 11.0 Å². The molecule has 20 heavy (non-hydrogen) atoms. The van der Waals surface area contributed by atoms with Gasteiger partial charge in [-0.1, -0.05) is 18.2 Å². The standard InChI is InChI=1S/C15H16N4O/c1-19-8-7-12-14(17-10-18-15(12)19)16-9-11-5-3-4-6-13(11)20-2/h3-8,10H,9H2,1-2H3,(H,16,17,18). The van der Waals surface area contributed by atoms with E-state index in [2.05, 4.69) is 15.3 Å². The largest absolute Gasteiger partial charge is 0.496 e. The molecule has 3 rings (SSSR count). The fourth-order valence-corrected chi connectivity index (χ4v) is 2.25. The molecule has 0 spiro atoms. The van der Waals surface area contributed by atoms with Crippen molar-refractivity contribution < 1.29 is 4.74 Å². The molecule has 0 amide bonds. The Morgan fingerprint density at radius 3 is 2.90 bits per heavy atom. The van der Waals surface area contributed by atoms with Crippen molar-refractivity contribution >= 4 is 16.9 Å². The third kappa shape index (κ3) is 2.18. The van der Waals surface area contributed by atoms with Gasteiger partial charge in [0.05, 0.1) is 12.5 Å². The van der Waals surface area contributed by atoms with Crippen LogP contribution >= 0.6 is 0 Å². The van der Waals surface area contributed by atoms with Crippen LogP contribution in [0.3, 0.4) is 0 Å².